The van der Waals surface area contributed by atoms with Gasteiger partial charge in [0, 0.05) is 69.9 Å². The summed E-state index contributed by atoms with van der Waals surface area (Å²) in [5.41, 5.74) is 2.91. The van der Waals surface area contributed by atoms with Gasteiger partial charge in [-0.05, 0) is 55.5 Å². The van der Waals surface area contributed by atoms with Gasteiger partial charge in [-0.15, -0.1) is 0 Å². The number of methoxy groups -OCH3 is 1. The number of carbonyl (C=O) groups excluding carboxylic acids is 1. The molecule has 1 aliphatic carbocycles. The molecule has 1 unspecified atom stereocenters. The van der Waals surface area contributed by atoms with E-state index >= 15 is 0 Å². The largest absolute Gasteiger partial charge is 0.494 e. The molecular formula is C36H44ClFN8O3. The Hall–Kier alpha value is -3.97. The van der Waals surface area contributed by atoms with Crippen molar-refractivity contribution in [2.24, 2.45) is 0 Å². The van der Waals surface area contributed by atoms with Gasteiger partial charge >= 0.3 is 0 Å². The van der Waals surface area contributed by atoms with Crippen molar-refractivity contribution in [3.8, 4) is 5.75 Å². The van der Waals surface area contributed by atoms with E-state index in [9.17, 15) is 9.18 Å². The second kappa shape index (κ2) is 14.9. The van der Waals surface area contributed by atoms with E-state index in [1.807, 2.05) is 12.1 Å². The van der Waals surface area contributed by atoms with Crippen LogP contribution in [0.4, 0.5) is 33.1 Å². The SMILES string of the molecule is C=CC(=O)Nc1cc(Nc2cc(N3OCCC3c3ccc(Cl)c(F)c3)ncn2)c(OC)cc1N1CCC(N2CCN(C3CCC3)CC2)CC1. The Morgan fingerprint density at radius 3 is 2.37 bits per heavy atom. The lowest BCUT2D eigenvalue weighted by Gasteiger charge is -2.46. The lowest BCUT2D eigenvalue weighted by atomic mass is 9.91. The quantitative estimate of drug-likeness (QED) is 0.241. The normalized spacial score (nSPS) is 21.0. The number of ether oxygens (including phenoxy) is 1. The molecular weight excluding hydrogens is 647 g/mol. The van der Waals surface area contributed by atoms with Crippen molar-refractivity contribution in [2.75, 3.05) is 73.6 Å². The van der Waals surface area contributed by atoms with Crippen molar-refractivity contribution >= 4 is 46.2 Å². The van der Waals surface area contributed by atoms with Crippen LogP contribution in [0.25, 0.3) is 0 Å². The number of piperazine rings is 1. The number of benzene rings is 2. The fourth-order valence-electron chi connectivity index (χ4n) is 7.46. The Labute approximate surface area is 292 Å². The molecule has 7 rings (SSSR count). The van der Waals surface area contributed by atoms with Crippen LogP contribution >= 0.6 is 11.6 Å². The topological polar surface area (TPSA) is 98.3 Å². The molecule has 0 radical (unpaired) electrons. The maximum absolute atomic E-state index is 14.3. The average molecular weight is 691 g/mol. The number of carbonyl (C=O) groups is 1. The summed E-state index contributed by atoms with van der Waals surface area (Å²) in [6.07, 6.45) is 9.60. The van der Waals surface area contributed by atoms with Gasteiger partial charge in [-0.2, -0.15) is 0 Å². The van der Waals surface area contributed by atoms with Gasteiger partial charge in [0.2, 0.25) is 5.91 Å². The van der Waals surface area contributed by atoms with Gasteiger partial charge in [0.1, 0.15) is 23.7 Å². The fraction of sp³-hybridized carbons (Fsp3) is 0.472. The van der Waals surface area contributed by atoms with Gasteiger partial charge in [0.25, 0.3) is 0 Å². The molecule has 2 aromatic carbocycles. The summed E-state index contributed by atoms with van der Waals surface area (Å²) in [4.78, 5) is 35.1. The molecule has 0 spiro atoms. The van der Waals surface area contributed by atoms with Crippen LogP contribution in [0.5, 0.6) is 5.75 Å². The van der Waals surface area contributed by atoms with E-state index in [0.29, 0.717) is 47.8 Å². The first-order chi connectivity index (χ1) is 23.9. The van der Waals surface area contributed by atoms with Crippen molar-refractivity contribution < 1.29 is 18.8 Å². The zero-order valence-corrected chi connectivity index (χ0v) is 28.7. The summed E-state index contributed by atoms with van der Waals surface area (Å²) in [6.45, 7) is 10.5. The van der Waals surface area contributed by atoms with Gasteiger partial charge in [-0.3, -0.25) is 19.4 Å². The third-order valence-electron chi connectivity index (χ3n) is 10.4. The average Bonchev–Trinajstić information content (AvgIpc) is 3.60. The molecule has 1 aromatic heterocycles. The first-order valence-corrected chi connectivity index (χ1v) is 17.6. The van der Waals surface area contributed by atoms with Gasteiger partial charge < -0.3 is 20.3 Å². The molecule has 3 saturated heterocycles. The molecule has 13 heteroatoms. The molecule has 4 heterocycles. The fourth-order valence-corrected chi connectivity index (χ4v) is 7.58. The zero-order chi connectivity index (χ0) is 33.9. The van der Waals surface area contributed by atoms with Gasteiger partial charge in [-0.1, -0.05) is 30.7 Å². The highest BCUT2D eigenvalue weighted by Gasteiger charge is 2.33. The lowest BCUT2D eigenvalue weighted by Crippen LogP contribution is -2.56. The van der Waals surface area contributed by atoms with Gasteiger partial charge in [-0.25, -0.2) is 19.4 Å². The van der Waals surface area contributed by atoms with Crippen LogP contribution < -0.4 is 25.3 Å². The van der Waals surface area contributed by atoms with Gasteiger partial charge in [0.15, 0.2) is 5.82 Å². The van der Waals surface area contributed by atoms with Crippen LogP contribution in [0.3, 0.4) is 0 Å². The van der Waals surface area contributed by atoms with Crippen LogP contribution in [0, 0.1) is 5.82 Å². The van der Waals surface area contributed by atoms with Crippen molar-refractivity contribution in [3.05, 3.63) is 71.8 Å². The number of anilines is 5. The van der Waals surface area contributed by atoms with E-state index in [1.54, 1.807) is 30.4 Å². The Morgan fingerprint density at radius 2 is 1.71 bits per heavy atom. The van der Waals surface area contributed by atoms with E-state index in [0.717, 1.165) is 56.3 Å². The van der Waals surface area contributed by atoms with Crippen molar-refractivity contribution in [1.29, 1.82) is 0 Å². The first kappa shape index (κ1) is 33.5. The van der Waals surface area contributed by atoms with Crippen LogP contribution in [0.15, 0.2) is 55.4 Å². The first-order valence-electron chi connectivity index (χ1n) is 17.2. The van der Waals surface area contributed by atoms with E-state index in [2.05, 4.69) is 41.9 Å². The molecule has 3 aromatic rings. The summed E-state index contributed by atoms with van der Waals surface area (Å²) in [5.74, 6) is 0.836. The molecule has 1 amide bonds. The number of halogens is 2. The van der Waals surface area contributed by atoms with E-state index in [1.165, 1.54) is 50.8 Å². The third-order valence-corrected chi connectivity index (χ3v) is 10.7. The summed E-state index contributed by atoms with van der Waals surface area (Å²) < 4.78 is 20.1. The smallest absolute Gasteiger partial charge is 0.247 e. The number of piperidine rings is 1. The standard InChI is InChI=1S/C36H44ClFN8O3/c1-3-36(47)42-29-20-30(41-34-22-35(40-23-39-34)46-31(11-18-49-46)24-7-8-27(37)28(38)19-24)33(48-2)21-32(29)45-12-9-26(10-13-45)44-16-14-43(15-17-44)25-5-4-6-25/h3,7-8,19-23,25-26,31H,1,4-6,9-18H2,2H3,(H,42,47)(H,39,40,41). The molecule has 1 saturated carbocycles. The Bertz CT molecular complexity index is 1660. The summed E-state index contributed by atoms with van der Waals surface area (Å²) >= 11 is 5.92. The molecule has 1 atom stereocenters. The summed E-state index contributed by atoms with van der Waals surface area (Å²) in [5, 5.41) is 8.10. The zero-order valence-electron chi connectivity index (χ0n) is 27.9. The maximum atomic E-state index is 14.3. The Balaban J connectivity index is 1.07. The number of hydrogen-bond acceptors (Lipinski definition) is 10. The number of rotatable bonds is 10. The minimum atomic E-state index is -0.479. The van der Waals surface area contributed by atoms with E-state index < -0.39 is 5.82 Å². The minimum absolute atomic E-state index is 0.0729. The van der Waals surface area contributed by atoms with Crippen molar-refractivity contribution in [3.63, 3.8) is 0 Å². The molecule has 49 heavy (non-hydrogen) atoms. The molecule has 2 N–H and O–H groups in total. The van der Waals surface area contributed by atoms with Crippen molar-refractivity contribution in [2.45, 2.75) is 56.7 Å². The number of nitrogens with zero attached hydrogens (tertiary/aromatic N) is 6. The predicted molar refractivity (Wildman–Crippen MR) is 190 cm³/mol. The minimum Gasteiger partial charge on any atom is -0.494 e. The van der Waals surface area contributed by atoms with Crippen LogP contribution in [0.1, 0.15) is 50.1 Å². The van der Waals surface area contributed by atoms with Crippen molar-refractivity contribution in [1.82, 2.24) is 19.8 Å². The van der Waals surface area contributed by atoms with E-state index in [4.69, 9.17) is 21.2 Å². The summed E-state index contributed by atoms with van der Waals surface area (Å²) in [7, 11) is 1.63. The Kier molecular flexibility index (Phi) is 10.2. The van der Waals surface area contributed by atoms with Crippen LogP contribution in [-0.4, -0.2) is 90.7 Å². The maximum Gasteiger partial charge on any atom is 0.247 e. The van der Waals surface area contributed by atoms with Crippen LogP contribution in [-0.2, 0) is 9.63 Å². The number of hydrogen-bond donors (Lipinski definition) is 2. The summed E-state index contributed by atoms with van der Waals surface area (Å²) in [6, 6.07) is 11.5. The second-order valence-electron chi connectivity index (χ2n) is 13.2. The highest BCUT2D eigenvalue weighted by molar-refractivity contribution is 6.30. The molecule has 11 nitrogen and oxygen atoms in total. The lowest BCUT2D eigenvalue weighted by molar-refractivity contribution is -0.111. The monoisotopic (exact) mass is 690 g/mol. The van der Waals surface area contributed by atoms with Gasteiger partial charge in [0.05, 0.1) is 41.8 Å². The predicted octanol–water partition coefficient (Wildman–Crippen LogP) is 6.17. The number of aromatic nitrogens is 2. The molecule has 0 bridgehead atoms. The molecule has 3 aliphatic heterocycles. The number of nitrogens with one attached hydrogen (secondary N) is 2. The van der Waals surface area contributed by atoms with E-state index in [-0.39, 0.29) is 17.0 Å². The third kappa shape index (κ3) is 7.33. The highest BCUT2D eigenvalue weighted by Crippen LogP contribution is 2.41. The second-order valence-corrected chi connectivity index (χ2v) is 13.6. The molecule has 260 valence electrons. The number of amides is 1. The Morgan fingerprint density at radius 1 is 0.980 bits per heavy atom. The highest BCUT2D eigenvalue weighted by atomic mass is 35.5. The van der Waals surface area contributed by atoms with Crippen LogP contribution in [0.2, 0.25) is 5.02 Å². The molecule has 4 aliphatic rings. The number of hydroxylamine groups is 1. The molecule has 4 fully saturated rings.